The number of rotatable bonds is 7. The van der Waals surface area contributed by atoms with Crippen LogP contribution in [0.3, 0.4) is 0 Å². The summed E-state index contributed by atoms with van der Waals surface area (Å²) in [7, 11) is 0. The monoisotopic (exact) mass is 441 g/mol. The molecule has 1 aliphatic heterocycles. The van der Waals surface area contributed by atoms with Crippen molar-refractivity contribution in [1.29, 1.82) is 0 Å². The van der Waals surface area contributed by atoms with E-state index in [0.717, 1.165) is 16.8 Å². The summed E-state index contributed by atoms with van der Waals surface area (Å²) in [6.45, 7) is 7.76. The highest BCUT2D eigenvalue weighted by Crippen LogP contribution is 2.37. The Kier molecular flexibility index (Phi) is 6.79. The summed E-state index contributed by atoms with van der Waals surface area (Å²) in [5.74, 6) is -1.00. The molecule has 0 saturated carbocycles. The van der Waals surface area contributed by atoms with Crippen molar-refractivity contribution in [1.82, 2.24) is 0 Å². The third kappa shape index (κ3) is 6.23. The van der Waals surface area contributed by atoms with Gasteiger partial charge in [0.05, 0.1) is 18.7 Å². The molecule has 0 spiro atoms. The summed E-state index contributed by atoms with van der Waals surface area (Å²) in [4.78, 5) is 25.8. The van der Waals surface area contributed by atoms with Gasteiger partial charge < -0.3 is 24.6 Å². The number of carbonyl (C=O) groups is 2. The minimum atomic E-state index is -1.89. The highest BCUT2D eigenvalue weighted by atomic mass is 16.6. The summed E-state index contributed by atoms with van der Waals surface area (Å²) in [5.41, 5.74) is 0.262. The molecular formula is C25H31NO6. The first-order chi connectivity index (χ1) is 14.9. The molecule has 32 heavy (non-hydrogen) atoms. The smallest absolute Gasteiger partial charge is 0.335 e. The molecule has 0 saturated heterocycles. The molecule has 2 N–H and O–H groups in total. The second-order valence-corrected chi connectivity index (χ2v) is 9.45. The molecule has 7 heteroatoms. The van der Waals surface area contributed by atoms with Crippen molar-refractivity contribution in [3.05, 3.63) is 59.7 Å². The highest BCUT2D eigenvalue weighted by Gasteiger charge is 2.37. The van der Waals surface area contributed by atoms with Crippen molar-refractivity contribution in [3.8, 4) is 5.75 Å². The van der Waals surface area contributed by atoms with E-state index >= 15 is 0 Å². The first-order valence-corrected chi connectivity index (χ1v) is 10.7. The van der Waals surface area contributed by atoms with E-state index in [0.29, 0.717) is 18.8 Å². The molecule has 0 fully saturated rings. The molecule has 0 amide bonds. The van der Waals surface area contributed by atoms with E-state index in [1.807, 2.05) is 57.2 Å². The van der Waals surface area contributed by atoms with E-state index < -0.39 is 23.3 Å². The Balaban J connectivity index is 1.86. The largest absolute Gasteiger partial charge is 0.486 e. The van der Waals surface area contributed by atoms with Crippen LogP contribution < -0.4 is 9.64 Å². The van der Waals surface area contributed by atoms with Crippen LogP contribution in [0.15, 0.2) is 48.5 Å². The van der Waals surface area contributed by atoms with Crippen LogP contribution in [0.5, 0.6) is 5.75 Å². The van der Waals surface area contributed by atoms with E-state index in [-0.39, 0.29) is 18.8 Å². The van der Waals surface area contributed by atoms with Gasteiger partial charge in [0, 0.05) is 13.0 Å². The van der Waals surface area contributed by atoms with Crippen LogP contribution in [0.1, 0.15) is 45.2 Å². The van der Waals surface area contributed by atoms with Crippen LogP contribution in [0.25, 0.3) is 0 Å². The fraction of sp³-hybridized carbons (Fsp3) is 0.440. The molecule has 0 radical (unpaired) electrons. The van der Waals surface area contributed by atoms with Gasteiger partial charge >= 0.3 is 11.9 Å². The zero-order chi connectivity index (χ0) is 23.5. The van der Waals surface area contributed by atoms with E-state index in [9.17, 15) is 19.8 Å². The summed E-state index contributed by atoms with van der Waals surface area (Å²) >= 11 is 0. The predicted molar refractivity (Wildman–Crippen MR) is 121 cm³/mol. The predicted octanol–water partition coefficient (Wildman–Crippen LogP) is 3.56. The molecule has 0 aliphatic carbocycles. The maximum Gasteiger partial charge on any atom is 0.335 e. The Morgan fingerprint density at radius 3 is 2.41 bits per heavy atom. The van der Waals surface area contributed by atoms with Gasteiger partial charge in [-0.2, -0.15) is 0 Å². The number of fused-ring (bicyclic) bond motifs is 1. The van der Waals surface area contributed by atoms with Crippen molar-refractivity contribution in [2.75, 3.05) is 11.4 Å². The Hall–Kier alpha value is -3.06. The van der Waals surface area contributed by atoms with Crippen molar-refractivity contribution < 1.29 is 29.3 Å². The summed E-state index contributed by atoms with van der Waals surface area (Å²) < 4.78 is 11.5. The molecule has 3 rings (SSSR count). The van der Waals surface area contributed by atoms with Crippen molar-refractivity contribution >= 4 is 17.6 Å². The SMILES string of the molecule is CC(C)(C)OC(=O)Cc1ccc2c(c1)N(Cc1ccccc1)C[C@H](C[C@](C)(O)C(=O)O)O2. The first-order valence-electron chi connectivity index (χ1n) is 10.7. The lowest BCUT2D eigenvalue weighted by Gasteiger charge is -2.38. The van der Waals surface area contributed by atoms with Crippen LogP contribution in [0.4, 0.5) is 5.69 Å². The quantitative estimate of drug-likeness (QED) is 0.634. The average Bonchev–Trinajstić information content (AvgIpc) is 2.67. The van der Waals surface area contributed by atoms with Gasteiger partial charge in [0.25, 0.3) is 0 Å². The number of aliphatic carboxylic acids is 1. The van der Waals surface area contributed by atoms with Crippen molar-refractivity contribution in [2.45, 2.75) is 64.4 Å². The molecule has 0 aromatic heterocycles. The molecule has 2 aromatic carbocycles. The maximum absolute atomic E-state index is 12.3. The summed E-state index contributed by atoms with van der Waals surface area (Å²) in [6, 6.07) is 15.4. The number of hydrogen-bond donors (Lipinski definition) is 2. The number of ether oxygens (including phenoxy) is 2. The minimum Gasteiger partial charge on any atom is -0.486 e. The van der Waals surface area contributed by atoms with Gasteiger partial charge in [-0.05, 0) is 51.0 Å². The molecule has 0 bridgehead atoms. The second kappa shape index (κ2) is 9.20. The van der Waals surface area contributed by atoms with Gasteiger partial charge in [-0.3, -0.25) is 4.79 Å². The Morgan fingerprint density at radius 1 is 1.09 bits per heavy atom. The van der Waals surface area contributed by atoms with Crippen LogP contribution in [-0.2, 0) is 27.3 Å². The van der Waals surface area contributed by atoms with E-state index in [1.54, 1.807) is 12.1 Å². The van der Waals surface area contributed by atoms with Crippen LogP contribution in [0.2, 0.25) is 0 Å². The van der Waals surface area contributed by atoms with Gasteiger partial charge in [0.1, 0.15) is 17.5 Å². The van der Waals surface area contributed by atoms with Crippen LogP contribution in [-0.4, -0.2) is 46.0 Å². The molecule has 1 heterocycles. The van der Waals surface area contributed by atoms with E-state index in [4.69, 9.17) is 9.47 Å². The Bertz CT molecular complexity index is 964. The number of aliphatic hydroxyl groups is 1. The van der Waals surface area contributed by atoms with Gasteiger partial charge in [-0.1, -0.05) is 36.4 Å². The second-order valence-electron chi connectivity index (χ2n) is 9.45. The third-order valence-corrected chi connectivity index (χ3v) is 5.15. The lowest BCUT2D eigenvalue weighted by atomic mass is 9.96. The zero-order valence-electron chi connectivity index (χ0n) is 19.0. The summed E-state index contributed by atoms with van der Waals surface area (Å²) in [6.07, 6.45) is -0.415. The number of carbonyl (C=O) groups excluding carboxylic acids is 1. The molecule has 1 aliphatic rings. The van der Waals surface area contributed by atoms with Gasteiger partial charge in [0.2, 0.25) is 0 Å². The molecule has 2 atom stereocenters. The molecule has 0 unspecified atom stereocenters. The third-order valence-electron chi connectivity index (χ3n) is 5.15. The van der Waals surface area contributed by atoms with E-state index in [2.05, 4.69) is 4.90 Å². The Labute approximate surface area is 188 Å². The highest BCUT2D eigenvalue weighted by molar-refractivity contribution is 5.77. The number of carboxylic acids is 1. The molecule has 172 valence electrons. The van der Waals surface area contributed by atoms with Gasteiger partial charge in [0.15, 0.2) is 5.60 Å². The number of hydrogen-bond acceptors (Lipinski definition) is 6. The average molecular weight is 442 g/mol. The van der Waals surface area contributed by atoms with Gasteiger partial charge in [-0.25, -0.2) is 4.79 Å². The summed E-state index contributed by atoms with van der Waals surface area (Å²) in [5, 5.41) is 19.6. The minimum absolute atomic E-state index is 0.0489. The standard InChI is InChI=1S/C25H31NO6/c1-24(2,3)32-22(27)13-18-10-11-21-20(12-18)26(15-17-8-6-5-7-9-17)16-19(31-21)14-25(4,30)23(28)29/h5-12,19,30H,13-16H2,1-4H3,(H,28,29)/t19-,25-/m0/s1. The normalized spacial score (nSPS) is 17.7. The van der Waals surface area contributed by atoms with Crippen molar-refractivity contribution in [3.63, 3.8) is 0 Å². The fourth-order valence-corrected chi connectivity index (χ4v) is 3.72. The number of carboxylic acid groups (broad SMARTS) is 1. The maximum atomic E-state index is 12.3. The van der Waals surface area contributed by atoms with Crippen LogP contribution in [0, 0.1) is 0 Å². The zero-order valence-corrected chi connectivity index (χ0v) is 19.0. The lowest BCUT2D eigenvalue weighted by molar-refractivity contribution is -0.159. The van der Waals surface area contributed by atoms with Gasteiger partial charge in [-0.15, -0.1) is 0 Å². The molecule has 2 aromatic rings. The first kappa shape index (κ1) is 23.6. The molecular weight excluding hydrogens is 410 g/mol. The Morgan fingerprint density at radius 2 is 1.78 bits per heavy atom. The number of anilines is 1. The lowest BCUT2D eigenvalue weighted by Crippen LogP contribution is -2.46. The fourth-order valence-electron chi connectivity index (χ4n) is 3.72. The van der Waals surface area contributed by atoms with E-state index in [1.165, 1.54) is 6.92 Å². The molecule has 7 nitrogen and oxygen atoms in total. The van der Waals surface area contributed by atoms with Crippen molar-refractivity contribution in [2.24, 2.45) is 0 Å². The topological polar surface area (TPSA) is 96.3 Å². The van der Waals surface area contributed by atoms with Crippen LogP contribution >= 0.6 is 0 Å². The number of nitrogens with zero attached hydrogens (tertiary/aromatic N) is 1. The number of benzene rings is 2. The number of esters is 1.